The van der Waals surface area contributed by atoms with Gasteiger partial charge in [-0.05, 0) is 42.2 Å². The number of halogens is 2. The van der Waals surface area contributed by atoms with Crippen LogP contribution in [0, 0.1) is 0 Å². The Hall–Kier alpha value is -2.04. The van der Waals surface area contributed by atoms with Crippen LogP contribution in [0.2, 0.25) is 10.0 Å². The van der Waals surface area contributed by atoms with Crippen molar-refractivity contribution in [3.63, 3.8) is 0 Å². The number of carbonyl (C=O) groups is 2. The third kappa shape index (κ3) is 4.37. The Balaban J connectivity index is 1.43. The number of rotatable bonds is 6. The molecule has 0 unspecified atom stereocenters. The molecule has 0 bridgehead atoms. The lowest BCUT2D eigenvalue weighted by Crippen LogP contribution is -2.31. The summed E-state index contributed by atoms with van der Waals surface area (Å²) in [5.41, 5.74) is 2.85. The van der Waals surface area contributed by atoms with Gasteiger partial charge in [0.25, 0.3) is 0 Å². The lowest BCUT2D eigenvalue weighted by molar-refractivity contribution is -0.121. The molecule has 2 aromatic rings. The summed E-state index contributed by atoms with van der Waals surface area (Å²) in [6.45, 7) is 1.18. The van der Waals surface area contributed by atoms with Crippen molar-refractivity contribution in [1.82, 2.24) is 5.32 Å². The largest absolute Gasteiger partial charge is 0.356 e. The number of nitrogens with zero attached hydrogens (tertiary/aromatic N) is 1. The second-order valence-electron chi connectivity index (χ2n) is 6.25. The van der Waals surface area contributed by atoms with Gasteiger partial charge < -0.3 is 10.2 Å². The van der Waals surface area contributed by atoms with E-state index in [1.807, 2.05) is 23.1 Å². The number of amides is 2. The van der Waals surface area contributed by atoms with Gasteiger partial charge in [0.2, 0.25) is 11.8 Å². The van der Waals surface area contributed by atoms with E-state index >= 15 is 0 Å². The molecule has 136 valence electrons. The van der Waals surface area contributed by atoms with Crippen molar-refractivity contribution >= 4 is 40.7 Å². The smallest absolute Gasteiger partial charge is 0.227 e. The lowest BCUT2D eigenvalue weighted by Gasteiger charge is -2.17. The van der Waals surface area contributed by atoms with E-state index in [-0.39, 0.29) is 18.2 Å². The Morgan fingerprint density at radius 2 is 1.77 bits per heavy atom. The van der Waals surface area contributed by atoms with Crippen LogP contribution < -0.4 is 10.2 Å². The summed E-state index contributed by atoms with van der Waals surface area (Å²) in [5.74, 6) is -0.0580. The molecule has 1 N–H and O–H groups in total. The molecule has 4 nitrogen and oxygen atoms in total. The van der Waals surface area contributed by atoms with E-state index in [9.17, 15) is 9.59 Å². The fourth-order valence-corrected chi connectivity index (χ4v) is 3.66. The second kappa shape index (κ2) is 8.56. The maximum Gasteiger partial charge on any atom is 0.227 e. The van der Waals surface area contributed by atoms with Crippen molar-refractivity contribution < 1.29 is 9.59 Å². The Labute approximate surface area is 163 Å². The molecule has 1 aliphatic heterocycles. The van der Waals surface area contributed by atoms with Crippen molar-refractivity contribution in [2.24, 2.45) is 0 Å². The Morgan fingerprint density at radius 3 is 2.54 bits per heavy atom. The van der Waals surface area contributed by atoms with Gasteiger partial charge >= 0.3 is 0 Å². The number of para-hydroxylation sites is 1. The van der Waals surface area contributed by atoms with Gasteiger partial charge in [0.1, 0.15) is 0 Å². The highest BCUT2D eigenvalue weighted by molar-refractivity contribution is 6.36. The number of hydrogen-bond donors (Lipinski definition) is 1. The fraction of sp³-hybridized carbons (Fsp3) is 0.300. The monoisotopic (exact) mass is 390 g/mol. The standard InChI is InChI=1S/C20H20Cl2N2O2/c21-16-6-3-7-17(22)15(16)13-19(25)23-11-4-9-20(26)24-12-10-14-5-1-2-8-18(14)24/h1-3,5-8H,4,9-13H2,(H,23,25). The molecule has 3 rings (SSSR count). The minimum absolute atomic E-state index is 0.0957. The van der Waals surface area contributed by atoms with E-state index < -0.39 is 0 Å². The first-order valence-electron chi connectivity index (χ1n) is 8.64. The number of nitrogens with one attached hydrogen (secondary N) is 1. The van der Waals surface area contributed by atoms with Crippen molar-refractivity contribution in [2.45, 2.75) is 25.7 Å². The molecule has 0 saturated carbocycles. The van der Waals surface area contributed by atoms with Crippen LogP contribution in [0.3, 0.4) is 0 Å². The lowest BCUT2D eigenvalue weighted by atomic mass is 10.1. The van der Waals surface area contributed by atoms with Crippen LogP contribution in [-0.4, -0.2) is 24.9 Å². The van der Waals surface area contributed by atoms with Gasteiger partial charge in [-0.3, -0.25) is 9.59 Å². The first kappa shape index (κ1) is 18.7. The molecule has 0 radical (unpaired) electrons. The summed E-state index contributed by atoms with van der Waals surface area (Å²) in [5, 5.41) is 3.79. The molecule has 0 atom stereocenters. The maximum atomic E-state index is 12.4. The zero-order valence-corrected chi connectivity index (χ0v) is 15.8. The van der Waals surface area contributed by atoms with Crippen LogP contribution in [0.1, 0.15) is 24.0 Å². The van der Waals surface area contributed by atoms with Gasteiger partial charge in [-0.2, -0.15) is 0 Å². The highest BCUT2D eigenvalue weighted by Crippen LogP contribution is 2.28. The second-order valence-corrected chi connectivity index (χ2v) is 7.07. The van der Waals surface area contributed by atoms with Crippen molar-refractivity contribution in [3.05, 3.63) is 63.6 Å². The number of fused-ring (bicyclic) bond motifs is 1. The molecular weight excluding hydrogens is 371 g/mol. The van der Waals surface area contributed by atoms with E-state index in [1.165, 1.54) is 5.56 Å². The SMILES string of the molecule is O=C(Cc1c(Cl)cccc1Cl)NCCCC(=O)N1CCc2ccccc21. The minimum Gasteiger partial charge on any atom is -0.356 e. The molecule has 0 spiro atoms. The van der Waals surface area contributed by atoms with Crippen LogP contribution in [0.5, 0.6) is 0 Å². The Kier molecular flexibility index (Phi) is 6.17. The average Bonchev–Trinajstić information content (AvgIpc) is 3.06. The summed E-state index contributed by atoms with van der Waals surface area (Å²) < 4.78 is 0. The van der Waals surface area contributed by atoms with Gasteiger partial charge in [0.05, 0.1) is 6.42 Å². The molecule has 26 heavy (non-hydrogen) atoms. The number of carbonyl (C=O) groups excluding carboxylic acids is 2. The number of anilines is 1. The normalized spacial score (nSPS) is 12.8. The molecular formula is C20H20Cl2N2O2. The first-order chi connectivity index (χ1) is 12.6. The topological polar surface area (TPSA) is 49.4 Å². The summed E-state index contributed by atoms with van der Waals surface area (Å²) in [4.78, 5) is 26.3. The molecule has 0 aliphatic carbocycles. The van der Waals surface area contributed by atoms with Crippen molar-refractivity contribution in [2.75, 3.05) is 18.0 Å². The zero-order chi connectivity index (χ0) is 18.5. The van der Waals surface area contributed by atoms with Crippen LogP contribution in [0.4, 0.5) is 5.69 Å². The number of benzene rings is 2. The quantitative estimate of drug-likeness (QED) is 0.757. The van der Waals surface area contributed by atoms with Gasteiger partial charge in [-0.1, -0.05) is 47.5 Å². The predicted octanol–water partition coefficient (Wildman–Crippen LogP) is 4.02. The molecule has 0 fully saturated rings. The summed E-state index contributed by atoms with van der Waals surface area (Å²) >= 11 is 12.2. The maximum absolute atomic E-state index is 12.4. The average molecular weight is 391 g/mol. The minimum atomic E-state index is -0.154. The molecule has 6 heteroatoms. The van der Waals surface area contributed by atoms with Crippen LogP contribution in [0.15, 0.2) is 42.5 Å². The van der Waals surface area contributed by atoms with Crippen LogP contribution in [-0.2, 0) is 22.4 Å². The first-order valence-corrected chi connectivity index (χ1v) is 9.39. The summed E-state index contributed by atoms with van der Waals surface area (Å²) in [7, 11) is 0. The Bertz CT molecular complexity index is 803. The van der Waals surface area contributed by atoms with Gasteiger partial charge in [0.15, 0.2) is 0 Å². The van der Waals surface area contributed by atoms with E-state index in [4.69, 9.17) is 23.2 Å². The van der Waals surface area contributed by atoms with Crippen LogP contribution >= 0.6 is 23.2 Å². The number of hydrogen-bond acceptors (Lipinski definition) is 2. The molecule has 1 aliphatic rings. The molecule has 2 amide bonds. The Morgan fingerprint density at radius 1 is 1.04 bits per heavy atom. The molecule has 2 aromatic carbocycles. The van der Waals surface area contributed by atoms with Gasteiger partial charge in [0, 0.05) is 35.2 Å². The molecule has 0 aromatic heterocycles. The van der Waals surface area contributed by atoms with Gasteiger partial charge in [-0.25, -0.2) is 0 Å². The summed E-state index contributed by atoms with van der Waals surface area (Å²) in [6.07, 6.45) is 2.03. The van der Waals surface area contributed by atoms with Crippen molar-refractivity contribution in [3.8, 4) is 0 Å². The van der Waals surface area contributed by atoms with E-state index in [2.05, 4.69) is 11.4 Å². The highest BCUT2D eigenvalue weighted by atomic mass is 35.5. The van der Waals surface area contributed by atoms with E-state index in [0.29, 0.717) is 35.0 Å². The fourth-order valence-electron chi connectivity index (χ4n) is 3.12. The van der Waals surface area contributed by atoms with E-state index in [0.717, 1.165) is 18.7 Å². The van der Waals surface area contributed by atoms with Crippen molar-refractivity contribution in [1.29, 1.82) is 0 Å². The highest BCUT2D eigenvalue weighted by Gasteiger charge is 2.23. The van der Waals surface area contributed by atoms with Crippen LogP contribution in [0.25, 0.3) is 0 Å². The predicted molar refractivity (Wildman–Crippen MR) is 105 cm³/mol. The third-order valence-electron chi connectivity index (χ3n) is 4.48. The van der Waals surface area contributed by atoms with E-state index in [1.54, 1.807) is 18.2 Å². The summed E-state index contributed by atoms with van der Waals surface area (Å²) in [6, 6.07) is 13.1. The van der Waals surface area contributed by atoms with Gasteiger partial charge in [-0.15, -0.1) is 0 Å². The molecule has 1 heterocycles. The molecule has 0 saturated heterocycles. The zero-order valence-electron chi connectivity index (χ0n) is 14.3. The third-order valence-corrected chi connectivity index (χ3v) is 5.19.